The Bertz CT molecular complexity index is 605. The zero-order chi connectivity index (χ0) is 13.8. The number of carbonyl (C=O) groups excluding carboxylic acids is 1. The van der Waals surface area contributed by atoms with Gasteiger partial charge < -0.3 is 14.9 Å². The molecular formula is C11H11N3O4S. The normalized spacial score (nSPS) is 10.4. The van der Waals surface area contributed by atoms with Crippen LogP contribution in [0.4, 0.5) is 0 Å². The molecule has 0 aliphatic heterocycles. The molecule has 2 rings (SSSR count). The molecular weight excluding hydrogens is 270 g/mol. The van der Waals surface area contributed by atoms with Crippen molar-refractivity contribution in [2.24, 2.45) is 0 Å². The second-order valence-corrected chi connectivity index (χ2v) is 4.79. The maximum absolute atomic E-state index is 11.7. The molecule has 0 aliphatic carbocycles. The van der Waals surface area contributed by atoms with Crippen molar-refractivity contribution >= 4 is 23.2 Å². The zero-order valence-corrected chi connectivity index (χ0v) is 10.9. The van der Waals surface area contributed by atoms with Crippen LogP contribution in [0.5, 0.6) is 0 Å². The molecule has 0 aliphatic rings. The summed E-state index contributed by atoms with van der Waals surface area (Å²) in [5, 5.41) is 15.1. The number of nitrogens with one attached hydrogen (secondary N) is 1. The van der Waals surface area contributed by atoms with E-state index in [1.54, 1.807) is 6.92 Å². The van der Waals surface area contributed by atoms with Crippen molar-refractivity contribution in [3.05, 3.63) is 33.6 Å². The van der Waals surface area contributed by atoms with Crippen LogP contribution in [0.15, 0.2) is 16.7 Å². The number of hydrogen-bond donors (Lipinski definition) is 2. The SMILES string of the molecule is Cc1noc(CCNC(=O)c2ccc(C(=O)O)s2)n1. The number of aromatic carboxylic acids is 1. The third-order valence-corrected chi connectivity index (χ3v) is 3.31. The first kappa shape index (κ1) is 13.2. The number of carboxylic acids is 1. The first-order chi connectivity index (χ1) is 9.06. The molecule has 0 radical (unpaired) electrons. The van der Waals surface area contributed by atoms with Gasteiger partial charge >= 0.3 is 5.97 Å². The Balaban J connectivity index is 1.85. The summed E-state index contributed by atoms with van der Waals surface area (Å²) in [7, 11) is 0. The van der Waals surface area contributed by atoms with Crippen LogP contribution < -0.4 is 5.32 Å². The van der Waals surface area contributed by atoms with Gasteiger partial charge in [-0.05, 0) is 19.1 Å². The van der Waals surface area contributed by atoms with Gasteiger partial charge in [0.05, 0.1) is 4.88 Å². The quantitative estimate of drug-likeness (QED) is 0.850. The molecule has 100 valence electrons. The highest BCUT2D eigenvalue weighted by Gasteiger charge is 2.12. The van der Waals surface area contributed by atoms with Crippen molar-refractivity contribution in [1.82, 2.24) is 15.5 Å². The molecule has 0 saturated heterocycles. The molecule has 0 spiro atoms. The monoisotopic (exact) mass is 281 g/mol. The van der Waals surface area contributed by atoms with E-state index in [0.29, 0.717) is 29.6 Å². The van der Waals surface area contributed by atoms with Crippen LogP contribution in [-0.2, 0) is 6.42 Å². The summed E-state index contributed by atoms with van der Waals surface area (Å²) in [5.74, 6) is -0.347. The van der Waals surface area contributed by atoms with E-state index in [-0.39, 0.29) is 10.8 Å². The largest absolute Gasteiger partial charge is 0.477 e. The summed E-state index contributed by atoms with van der Waals surface area (Å²) in [6.45, 7) is 2.06. The molecule has 2 heterocycles. The topological polar surface area (TPSA) is 105 Å². The Morgan fingerprint density at radius 2 is 2.16 bits per heavy atom. The number of carbonyl (C=O) groups is 2. The van der Waals surface area contributed by atoms with Gasteiger partial charge in [-0.1, -0.05) is 5.16 Å². The van der Waals surface area contributed by atoms with Gasteiger partial charge in [-0.25, -0.2) is 4.79 Å². The summed E-state index contributed by atoms with van der Waals surface area (Å²) in [4.78, 5) is 26.9. The summed E-state index contributed by atoms with van der Waals surface area (Å²) >= 11 is 0.936. The van der Waals surface area contributed by atoms with Crippen molar-refractivity contribution in [3.8, 4) is 0 Å². The van der Waals surface area contributed by atoms with Gasteiger partial charge in [0.2, 0.25) is 5.89 Å². The fourth-order valence-electron chi connectivity index (χ4n) is 1.39. The predicted molar refractivity (Wildman–Crippen MR) is 66.4 cm³/mol. The van der Waals surface area contributed by atoms with Crippen LogP contribution in [0.2, 0.25) is 0 Å². The summed E-state index contributed by atoms with van der Waals surface area (Å²) in [6, 6.07) is 2.89. The standard InChI is InChI=1S/C11H11N3O4S/c1-6-13-9(18-14-6)4-5-12-10(15)7-2-3-8(19-7)11(16)17/h2-3H,4-5H2,1H3,(H,12,15)(H,16,17). The number of nitrogens with zero attached hydrogens (tertiary/aromatic N) is 2. The number of amides is 1. The van der Waals surface area contributed by atoms with E-state index in [0.717, 1.165) is 11.3 Å². The number of rotatable bonds is 5. The highest BCUT2D eigenvalue weighted by molar-refractivity contribution is 7.15. The van der Waals surface area contributed by atoms with Crippen molar-refractivity contribution in [3.63, 3.8) is 0 Å². The second-order valence-electron chi connectivity index (χ2n) is 3.71. The fourth-order valence-corrected chi connectivity index (χ4v) is 2.15. The predicted octanol–water partition coefficient (Wildman–Crippen LogP) is 1.11. The Morgan fingerprint density at radius 1 is 1.42 bits per heavy atom. The molecule has 0 fully saturated rings. The van der Waals surface area contributed by atoms with Crippen LogP contribution in [0.3, 0.4) is 0 Å². The molecule has 1 amide bonds. The van der Waals surface area contributed by atoms with Crippen LogP contribution in [0.25, 0.3) is 0 Å². The number of aromatic nitrogens is 2. The molecule has 2 aromatic heterocycles. The summed E-state index contributed by atoms with van der Waals surface area (Å²) in [5.41, 5.74) is 0. The Kier molecular flexibility index (Phi) is 3.91. The van der Waals surface area contributed by atoms with Gasteiger partial charge in [0, 0.05) is 13.0 Å². The average molecular weight is 281 g/mol. The minimum Gasteiger partial charge on any atom is -0.477 e. The van der Waals surface area contributed by atoms with Crippen LogP contribution in [0.1, 0.15) is 31.1 Å². The molecule has 0 unspecified atom stereocenters. The van der Waals surface area contributed by atoms with Gasteiger partial charge in [-0.15, -0.1) is 11.3 Å². The summed E-state index contributed by atoms with van der Waals surface area (Å²) < 4.78 is 4.90. The van der Waals surface area contributed by atoms with E-state index in [1.807, 2.05) is 0 Å². The van der Waals surface area contributed by atoms with E-state index in [1.165, 1.54) is 12.1 Å². The maximum Gasteiger partial charge on any atom is 0.345 e. The van der Waals surface area contributed by atoms with Gasteiger partial charge in [0.15, 0.2) is 5.82 Å². The minimum atomic E-state index is -1.04. The third kappa shape index (κ3) is 3.38. The first-order valence-electron chi connectivity index (χ1n) is 5.47. The highest BCUT2D eigenvalue weighted by atomic mass is 32.1. The molecule has 0 atom stereocenters. The number of hydrogen-bond acceptors (Lipinski definition) is 6. The van der Waals surface area contributed by atoms with Crippen molar-refractivity contribution < 1.29 is 19.2 Å². The molecule has 8 heteroatoms. The van der Waals surface area contributed by atoms with Crippen molar-refractivity contribution in [2.45, 2.75) is 13.3 Å². The van der Waals surface area contributed by atoms with Crippen molar-refractivity contribution in [2.75, 3.05) is 6.54 Å². The maximum atomic E-state index is 11.7. The molecule has 0 saturated carbocycles. The number of thiophene rings is 1. The first-order valence-corrected chi connectivity index (χ1v) is 6.28. The second kappa shape index (κ2) is 5.61. The lowest BCUT2D eigenvalue weighted by Crippen LogP contribution is -2.24. The fraction of sp³-hybridized carbons (Fsp3) is 0.273. The molecule has 2 N–H and O–H groups in total. The lowest BCUT2D eigenvalue weighted by molar-refractivity contribution is 0.0702. The minimum absolute atomic E-state index is 0.137. The Morgan fingerprint density at radius 3 is 2.74 bits per heavy atom. The lowest BCUT2D eigenvalue weighted by atomic mass is 10.4. The molecule has 7 nitrogen and oxygen atoms in total. The lowest BCUT2D eigenvalue weighted by Gasteiger charge is -2.00. The van der Waals surface area contributed by atoms with Crippen LogP contribution in [0, 0.1) is 6.92 Å². The smallest absolute Gasteiger partial charge is 0.345 e. The average Bonchev–Trinajstić information content (AvgIpc) is 2.98. The van der Waals surface area contributed by atoms with E-state index >= 15 is 0 Å². The van der Waals surface area contributed by atoms with Gasteiger partial charge in [-0.3, -0.25) is 4.79 Å². The molecule has 19 heavy (non-hydrogen) atoms. The highest BCUT2D eigenvalue weighted by Crippen LogP contribution is 2.16. The molecule has 0 aromatic carbocycles. The Hall–Kier alpha value is -2.22. The van der Waals surface area contributed by atoms with Gasteiger partial charge in [0.1, 0.15) is 4.88 Å². The summed E-state index contributed by atoms with van der Waals surface area (Å²) in [6.07, 6.45) is 0.434. The van der Waals surface area contributed by atoms with Gasteiger partial charge in [0.25, 0.3) is 5.91 Å². The number of carboxylic acid groups (broad SMARTS) is 1. The Labute approximate surface area is 112 Å². The molecule has 0 bridgehead atoms. The number of aryl methyl sites for hydroxylation is 1. The third-order valence-electron chi connectivity index (χ3n) is 2.23. The van der Waals surface area contributed by atoms with Crippen molar-refractivity contribution in [1.29, 1.82) is 0 Å². The van der Waals surface area contributed by atoms with E-state index < -0.39 is 5.97 Å². The van der Waals surface area contributed by atoms with E-state index in [9.17, 15) is 9.59 Å². The van der Waals surface area contributed by atoms with Crippen LogP contribution in [-0.4, -0.2) is 33.7 Å². The van der Waals surface area contributed by atoms with E-state index in [2.05, 4.69) is 15.5 Å². The van der Waals surface area contributed by atoms with Crippen LogP contribution >= 0.6 is 11.3 Å². The molecule has 2 aromatic rings. The van der Waals surface area contributed by atoms with Gasteiger partial charge in [-0.2, -0.15) is 4.98 Å². The zero-order valence-electron chi connectivity index (χ0n) is 10.0. The van der Waals surface area contributed by atoms with E-state index in [4.69, 9.17) is 9.63 Å².